The summed E-state index contributed by atoms with van der Waals surface area (Å²) in [5.41, 5.74) is 0.708. The third-order valence-corrected chi connectivity index (χ3v) is 4.39. The SMILES string of the molecule is COc1ccc(C(=O)NC2CCCNC2C)c(I)c1.Cl. The second-order valence-corrected chi connectivity index (χ2v) is 5.97. The number of ether oxygens (including phenoxy) is 1. The van der Waals surface area contributed by atoms with Crippen molar-refractivity contribution in [3.8, 4) is 5.75 Å². The van der Waals surface area contributed by atoms with Crippen molar-refractivity contribution < 1.29 is 9.53 Å². The molecule has 112 valence electrons. The molecule has 20 heavy (non-hydrogen) atoms. The number of methoxy groups -OCH3 is 1. The van der Waals surface area contributed by atoms with Gasteiger partial charge in [0.15, 0.2) is 0 Å². The average molecular weight is 411 g/mol. The average Bonchev–Trinajstić information content (AvgIpc) is 2.41. The second kappa shape index (κ2) is 8.05. The number of hydrogen-bond donors (Lipinski definition) is 2. The van der Waals surface area contributed by atoms with Crippen LogP contribution >= 0.6 is 35.0 Å². The molecule has 1 aromatic carbocycles. The molecule has 1 saturated heterocycles. The maximum atomic E-state index is 12.3. The first-order valence-electron chi connectivity index (χ1n) is 6.49. The molecule has 1 aliphatic rings. The van der Waals surface area contributed by atoms with Crippen LogP contribution in [-0.4, -0.2) is 31.6 Å². The number of rotatable bonds is 3. The Morgan fingerprint density at radius 1 is 1.50 bits per heavy atom. The van der Waals surface area contributed by atoms with E-state index in [9.17, 15) is 4.79 Å². The molecule has 1 aliphatic heterocycles. The van der Waals surface area contributed by atoms with Crippen LogP contribution in [0.15, 0.2) is 18.2 Å². The fraction of sp³-hybridized carbons (Fsp3) is 0.500. The number of piperidine rings is 1. The lowest BCUT2D eigenvalue weighted by Gasteiger charge is -2.30. The Balaban J connectivity index is 0.00000200. The molecule has 1 aromatic rings. The van der Waals surface area contributed by atoms with Crippen LogP contribution in [0.3, 0.4) is 0 Å². The standard InChI is InChI=1S/C14H19IN2O2.ClH/c1-9-13(4-3-7-16-9)17-14(18)11-6-5-10(19-2)8-12(11)15;/h5-6,8-9,13,16H,3-4,7H2,1-2H3,(H,17,18);1H. The maximum Gasteiger partial charge on any atom is 0.252 e. The molecule has 2 rings (SSSR count). The van der Waals surface area contributed by atoms with Gasteiger partial charge in [-0.15, -0.1) is 12.4 Å². The highest BCUT2D eigenvalue weighted by molar-refractivity contribution is 14.1. The van der Waals surface area contributed by atoms with E-state index in [2.05, 4.69) is 40.1 Å². The van der Waals surface area contributed by atoms with Crippen LogP contribution in [-0.2, 0) is 0 Å². The molecule has 1 fully saturated rings. The molecule has 0 aliphatic carbocycles. The van der Waals surface area contributed by atoms with Gasteiger partial charge in [0.2, 0.25) is 0 Å². The Morgan fingerprint density at radius 3 is 2.85 bits per heavy atom. The van der Waals surface area contributed by atoms with Crippen molar-refractivity contribution >= 4 is 40.9 Å². The molecule has 4 nitrogen and oxygen atoms in total. The zero-order chi connectivity index (χ0) is 13.8. The molecule has 0 aromatic heterocycles. The molecule has 6 heteroatoms. The summed E-state index contributed by atoms with van der Waals surface area (Å²) in [7, 11) is 1.63. The predicted octanol–water partition coefficient (Wildman–Crippen LogP) is 2.59. The zero-order valence-electron chi connectivity index (χ0n) is 11.6. The van der Waals surface area contributed by atoms with Gasteiger partial charge in [0.1, 0.15) is 5.75 Å². The van der Waals surface area contributed by atoms with Gasteiger partial charge in [0.05, 0.1) is 12.7 Å². The Kier molecular flexibility index (Phi) is 7.05. The molecular weight excluding hydrogens is 391 g/mol. The zero-order valence-corrected chi connectivity index (χ0v) is 14.6. The molecule has 0 saturated carbocycles. The van der Waals surface area contributed by atoms with E-state index in [0.29, 0.717) is 11.6 Å². The summed E-state index contributed by atoms with van der Waals surface area (Å²) in [6, 6.07) is 6.04. The Labute approximate surface area is 139 Å². The molecule has 1 heterocycles. The third kappa shape index (κ3) is 4.23. The predicted molar refractivity (Wildman–Crippen MR) is 90.9 cm³/mol. The monoisotopic (exact) mass is 410 g/mol. The highest BCUT2D eigenvalue weighted by Crippen LogP contribution is 2.20. The van der Waals surface area contributed by atoms with E-state index in [1.54, 1.807) is 7.11 Å². The lowest BCUT2D eigenvalue weighted by molar-refractivity contribution is 0.0919. The first kappa shape index (κ1) is 17.5. The van der Waals surface area contributed by atoms with Crippen LogP contribution in [0.25, 0.3) is 0 Å². The van der Waals surface area contributed by atoms with Gasteiger partial charge < -0.3 is 15.4 Å². The number of carbonyl (C=O) groups is 1. The van der Waals surface area contributed by atoms with Crippen molar-refractivity contribution in [3.05, 3.63) is 27.3 Å². The third-order valence-electron chi connectivity index (χ3n) is 3.50. The van der Waals surface area contributed by atoms with E-state index in [1.807, 2.05) is 18.2 Å². The van der Waals surface area contributed by atoms with Gasteiger partial charge in [0.25, 0.3) is 5.91 Å². The summed E-state index contributed by atoms with van der Waals surface area (Å²) in [5, 5.41) is 6.50. The van der Waals surface area contributed by atoms with Crippen molar-refractivity contribution in [2.24, 2.45) is 0 Å². The van der Waals surface area contributed by atoms with E-state index in [4.69, 9.17) is 4.74 Å². The first-order valence-corrected chi connectivity index (χ1v) is 7.57. The van der Waals surface area contributed by atoms with Crippen molar-refractivity contribution in [2.75, 3.05) is 13.7 Å². The van der Waals surface area contributed by atoms with Crippen LogP contribution < -0.4 is 15.4 Å². The van der Waals surface area contributed by atoms with E-state index < -0.39 is 0 Å². The minimum atomic E-state index is -0.00685. The van der Waals surface area contributed by atoms with E-state index in [0.717, 1.165) is 28.7 Å². The highest BCUT2D eigenvalue weighted by Gasteiger charge is 2.23. The quantitative estimate of drug-likeness (QED) is 0.753. The van der Waals surface area contributed by atoms with Gasteiger partial charge in [0, 0.05) is 15.7 Å². The van der Waals surface area contributed by atoms with E-state index in [1.165, 1.54) is 0 Å². The lowest BCUT2D eigenvalue weighted by Crippen LogP contribution is -2.52. The molecule has 2 unspecified atom stereocenters. The fourth-order valence-corrected chi connectivity index (χ4v) is 3.03. The summed E-state index contributed by atoms with van der Waals surface area (Å²) in [5.74, 6) is 0.765. The van der Waals surface area contributed by atoms with Crippen molar-refractivity contribution in [1.29, 1.82) is 0 Å². The largest absolute Gasteiger partial charge is 0.497 e. The summed E-state index contributed by atoms with van der Waals surface area (Å²) >= 11 is 2.17. The molecule has 0 bridgehead atoms. The fourth-order valence-electron chi connectivity index (χ4n) is 2.29. The molecular formula is C14H20ClIN2O2. The number of benzene rings is 1. The van der Waals surface area contributed by atoms with E-state index >= 15 is 0 Å². The molecule has 0 radical (unpaired) electrons. The van der Waals surface area contributed by atoms with Crippen LogP contribution in [0, 0.1) is 3.57 Å². The summed E-state index contributed by atoms with van der Waals surface area (Å²) in [4.78, 5) is 12.3. The number of hydrogen-bond acceptors (Lipinski definition) is 3. The molecule has 2 atom stereocenters. The van der Waals surface area contributed by atoms with E-state index in [-0.39, 0.29) is 24.4 Å². The van der Waals surface area contributed by atoms with Crippen LogP contribution in [0.2, 0.25) is 0 Å². The topological polar surface area (TPSA) is 50.4 Å². The van der Waals surface area contributed by atoms with Gasteiger partial charge in [-0.05, 0) is 67.1 Å². The van der Waals surface area contributed by atoms with Crippen molar-refractivity contribution in [2.45, 2.75) is 31.8 Å². The molecule has 0 spiro atoms. The van der Waals surface area contributed by atoms with Gasteiger partial charge in [-0.2, -0.15) is 0 Å². The van der Waals surface area contributed by atoms with Gasteiger partial charge >= 0.3 is 0 Å². The number of carbonyl (C=O) groups excluding carboxylic acids is 1. The first-order chi connectivity index (χ1) is 9.11. The summed E-state index contributed by atoms with van der Waals surface area (Å²) in [6.45, 7) is 3.15. The van der Waals surface area contributed by atoms with Crippen molar-refractivity contribution in [1.82, 2.24) is 10.6 Å². The number of amides is 1. The minimum Gasteiger partial charge on any atom is -0.497 e. The maximum absolute atomic E-state index is 12.3. The Bertz CT molecular complexity index is 470. The minimum absolute atomic E-state index is 0. The van der Waals surface area contributed by atoms with Gasteiger partial charge in [-0.25, -0.2) is 0 Å². The summed E-state index contributed by atoms with van der Waals surface area (Å²) in [6.07, 6.45) is 2.14. The van der Waals surface area contributed by atoms with Crippen molar-refractivity contribution in [3.63, 3.8) is 0 Å². The molecule has 1 amide bonds. The number of halogens is 2. The second-order valence-electron chi connectivity index (χ2n) is 4.81. The van der Waals surface area contributed by atoms with Gasteiger partial charge in [-0.1, -0.05) is 0 Å². The Morgan fingerprint density at radius 2 is 2.25 bits per heavy atom. The van der Waals surface area contributed by atoms with Crippen LogP contribution in [0.4, 0.5) is 0 Å². The van der Waals surface area contributed by atoms with Crippen LogP contribution in [0.1, 0.15) is 30.1 Å². The smallest absolute Gasteiger partial charge is 0.252 e. The number of nitrogens with one attached hydrogen (secondary N) is 2. The molecule has 2 N–H and O–H groups in total. The van der Waals surface area contributed by atoms with Gasteiger partial charge in [-0.3, -0.25) is 4.79 Å². The lowest BCUT2D eigenvalue weighted by atomic mass is 9.99. The summed E-state index contributed by atoms with van der Waals surface area (Å²) < 4.78 is 6.06. The normalized spacial score (nSPS) is 21.8. The highest BCUT2D eigenvalue weighted by atomic mass is 127. The Hall–Kier alpha value is -0.530. The van der Waals surface area contributed by atoms with Crippen LogP contribution in [0.5, 0.6) is 5.75 Å².